The van der Waals surface area contributed by atoms with Crippen molar-refractivity contribution < 1.29 is 0 Å². The van der Waals surface area contributed by atoms with Gasteiger partial charge in [0, 0.05) is 17.5 Å². The first-order valence-corrected chi connectivity index (χ1v) is 5.87. The Kier molecular flexibility index (Phi) is 3.22. The van der Waals surface area contributed by atoms with Crippen molar-refractivity contribution in [2.45, 2.75) is 13.3 Å². The third-order valence-electron chi connectivity index (χ3n) is 2.53. The van der Waals surface area contributed by atoms with Gasteiger partial charge in [0.05, 0.1) is 10.5 Å². The second-order valence-electron chi connectivity index (χ2n) is 3.56. The van der Waals surface area contributed by atoms with Crippen LogP contribution in [0.4, 0.5) is 5.82 Å². The summed E-state index contributed by atoms with van der Waals surface area (Å²) in [5.41, 5.74) is 1.95. The number of benzene rings is 1. The third kappa shape index (κ3) is 1.95. The van der Waals surface area contributed by atoms with Crippen molar-refractivity contribution in [1.82, 2.24) is 4.98 Å². The van der Waals surface area contributed by atoms with Crippen LogP contribution in [0.5, 0.6) is 0 Å². The van der Waals surface area contributed by atoms with Gasteiger partial charge in [-0.15, -0.1) is 0 Å². The molecule has 2 aromatic rings. The largest absolute Gasteiger partial charge is 0.373 e. The molecule has 0 aliphatic carbocycles. The minimum Gasteiger partial charge on any atom is -0.373 e. The minimum absolute atomic E-state index is 0.585. The maximum atomic E-state index is 6.11. The van der Waals surface area contributed by atoms with Gasteiger partial charge >= 0.3 is 0 Å². The van der Waals surface area contributed by atoms with E-state index in [9.17, 15) is 0 Å². The number of aromatic nitrogens is 1. The van der Waals surface area contributed by atoms with E-state index in [0.717, 1.165) is 28.7 Å². The van der Waals surface area contributed by atoms with Crippen molar-refractivity contribution in [2.75, 3.05) is 12.4 Å². The van der Waals surface area contributed by atoms with Crippen LogP contribution in [0.1, 0.15) is 12.5 Å². The molecule has 1 heterocycles. The second-order valence-corrected chi connectivity index (χ2v) is 4.40. The zero-order chi connectivity index (χ0) is 11.7. The molecule has 0 spiro atoms. The Labute approximate surface area is 105 Å². The number of rotatable bonds is 2. The summed E-state index contributed by atoms with van der Waals surface area (Å²) in [5.74, 6) is 0.874. The van der Waals surface area contributed by atoms with Crippen LogP contribution >= 0.6 is 23.2 Å². The lowest BCUT2D eigenvalue weighted by atomic mass is 10.1. The molecule has 2 nitrogen and oxygen atoms in total. The van der Waals surface area contributed by atoms with Gasteiger partial charge in [-0.2, -0.15) is 0 Å². The van der Waals surface area contributed by atoms with Crippen molar-refractivity contribution in [2.24, 2.45) is 0 Å². The van der Waals surface area contributed by atoms with E-state index in [-0.39, 0.29) is 0 Å². The Balaban J connectivity index is 2.78. The van der Waals surface area contributed by atoms with Crippen LogP contribution in [0.15, 0.2) is 18.2 Å². The third-order valence-corrected chi connectivity index (χ3v) is 3.04. The van der Waals surface area contributed by atoms with Crippen LogP contribution in [-0.2, 0) is 6.42 Å². The molecule has 0 aliphatic heterocycles. The molecular formula is C12H12Cl2N2. The number of nitrogens with one attached hydrogen (secondary N) is 1. The van der Waals surface area contributed by atoms with Gasteiger partial charge in [-0.3, -0.25) is 0 Å². The van der Waals surface area contributed by atoms with Crippen molar-refractivity contribution in [3.8, 4) is 0 Å². The molecule has 0 radical (unpaired) electrons. The smallest absolute Gasteiger partial charge is 0.129 e. The van der Waals surface area contributed by atoms with E-state index >= 15 is 0 Å². The first-order chi connectivity index (χ1) is 7.65. The van der Waals surface area contributed by atoms with Gasteiger partial charge in [-0.25, -0.2) is 4.98 Å². The van der Waals surface area contributed by atoms with Crippen molar-refractivity contribution in [3.05, 3.63) is 33.8 Å². The summed E-state index contributed by atoms with van der Waals surface area (Å²) in [6, 6.07) is 5.67. The first-order valence-electron chi connectivity index (χ1n) is 5.12. The number of anilines is 1. The standard InChI is InChI=1S/C12H12Cl2N2/c1-3-7-4-8-5-9(13)6-10(14)11(8)16-12(7)15-2/h4-6H,3H2,1-2H3,(H,15,16). The highest BCUT2D eigenvalue weighted by atomic mass is 35.5. The van der Waals surface area contributed by atoms with E-state index in [4.69, 9.17) is 23.2 Å². The summed E-state index contributed by atoms with van der Waals surface area (Å²) < 4.78 is 0. The molecule has 0 saturated heterocycles. The van der Waals surface area contributed by atoms with E-state index < -0.39 is 0 Å². The topological polar surface area (TPSA) is 24.9 Å². The molecule has 0 atom stereocenters. The van der Waals surface area contributed by atoms with Gasteiger partial charge < -0.3 is 5.32 Å². The molecule has 1 aromatic heterocycles. The van der Waals surface area contributed by atoms with Gasteiger partial charge in [0.1, 0.15) is 5.82 Å². The first kappa shape index (κ1) is 11.5. The van der Waals surface area contributed by atoms with Gasteiger partial charge in [0.2, 0.25) is 0 Å². The fraction of sp³-hybridized carbons (Fsp3) is 0.250. The predicted octanol–water partition coefficient (Wildman–Crippen LogP) is 4.15. The summed E-state index contributed by atoms with van der Waals surface area (Å²) in [6.45, 7) is 2.09. The molecule has 84 valence electrons. The summed E-state index contributed by atoms with van der Waals surface area (Å²) in [6.07, 6.45) is 0.920. The molecule has 1 aromatic carbocycles. The fourth-order valence-corrected chi connectivity index (χ4v) is 2.29. The van der Waals surface area contributed by atoms with Gasteiger partial charge in [-0.05, 0) is 30.2 Å². The van der Waals surface area contributed by atoms with Gasteiger partial charge in [-0.1, -0.05) is 30.1 Å². The van der Waals surface area contributed by atoms with E-state index in [1.54, 1.807) is 6.07 Å². The molecule has 0 amide bonds. The fourth-order valence-electron chi connectivity index (χ4n) is 1.74. The summed E-state index contributed by atoms with van der Waals surface area (Å²) in [4.78, 5) is 4.50. The van der Waals surface area contributed by atoms with Crippen LogP contribution in [0.3, 0.4) is 0 Å². The van der Waals surface area contributed by atoms with Crippen LogP contribution in [0.2, 0.25) is 10.0 Å². The number of hydrogen-bond acceptors (Lipinski definition) is 2. The monoisotopic (exact) mass is 254 g/mol. The summed E-state index contributed by atoms with van der Waals surface area (Å²) >= 11 is 12.1. The lowest BCUT2D eigenvalue weighted by Crippen LogP contribution is -1.98. The highest BCUT2D eigenvalue weighted by molar-refractivity contribution is 6.38. The average molecular weight is 255 g/mol. The second kappa shape index (κ2) is 4.48. The lowest BCUT2D eigenvalue weighted by Gasteiger charge is -2.09. The van der Waals surface area contributed by atoms with Crippen molar-refractivity contribution in [3.63, 3.8) is 0 Å². The minimum atomic E-state index is 0.585. The van der Waals surface area contributed by atoms with Crippen molar-refractivity contribution in [1.29, 1.82) is 0 Å². The van der Waals surface area contributed by atoms with Crippen LogP contribution in [-0.4, -0.2) is 12.0 Å². The Morgan fingerprint density at radius 3 is 2.62 bits per heavy atom. The van der Waals surface area contributed by atoms with Crippen LogP contribution < -0.4 is 5.32 Å². The molecule has 0 aliphatic rings. The molecule has 0 saturated carbocycles. The maximum absolute atomic E-state index is 6.11. The van der Waals surface area contributed by atoms with Crippen LogP contribution in [0, 0.1) is 0 Å². The van der Waals surface area contributed by atoms with E-state index in [1.165, 1.54) is 0 Å². The Hall–Kier alpha value is -0.990. The SMILES string of the molecule is CCc1cc2cc(Cl)cc(Cl)c2nc1NC. The molecule has 0 fully saturated rings. The predicted molar refractivity (Wildman–Crippen MR) is 70.7 cm³/mol. The average Bonchev–Trinajstić information content (AvgIpc) is 2.27. The van der Waals surface area contributed by atoms with E-state index in [1.807, 2.05) is 13.1 Å². The number of halogens is 2. The Bertz CT molecular complexity index is 538. The normalized spacial score (nSPS) is 10.8. The number of fused-ring (bicyclic) bond motifs is 1. The van der Waals surface area contributed by atoms with Crippen molar-refractivity contribution >= 4 is 39.9 Å². The van der Waals surface area contributed by atoms with E-state index in [2.05, 4.69) is 23.3 Å². The lowest BCUT2D eigenvalue weighted by molar-refractivity contribution is 1.12. The molecule has 2 rings (SSSR count). The zero-order valence-electron chi connectivity index (χ0n) is 9.14. The number of aryl methyl sites for hydroxylation is 1. The van der Waals surface area contributed by atoms with E-state index in [0.29, 0.717) is 10.0 Å². The zero-order valence-corrected chi connectivity index (χ0v) is 10.7. The number of nitrogens with zero attached hydrogens (tertiary/aromatic N) is 1. The Morgan fingerprint density at radius 1 is 1.25 bits per heavy atom. The molecule has 4 heteroatoms. The summed E-state index contributed by atoms with van der Waals surface area (Å²) in [7, 11) is 1.86. The summed E-state index contributed by atoms with van der Waals surface area (Å²) in [5, 5.41) is 5.28. The Morgan fingerprint density at radius 2 is 2.00 bits per heavy atom. The van der Waals surface area contributed by atoms with Gasteiger partial charge in [0.25, 0.3) is 0 Å². The van der Waals surface area contributed by atoms with Crippen LogP contribution in [0.25, 0.3) is 10.9 Å². The number of hydrogen-bond donors (Lipinski definition) is 1. The highest BCUT2D eigenvalue weighted by Crippen LogP contribution is 2.29. The quantitative estimate of drug-likeness (QED) is 0.872. The molecule has 16 heavy (non-hydrogen) atoms. The maximum Gasteiger partial charge on any atom is 0.129 e. The molecule has 0 bridgehead atoms. The molecule has 1 N–H and O–H groups in total. The molecular weight excluding hydrogens is 243 g/mol. The highest BCUT2D eigenvalue weighted by Gasteiger charge is 2.08. The number of pyridine rings is 1. The molecule has 0 unspecified atom stereocenters. The van der Waals surface area contributed by atoms with Gasteiger partial charge in [0.15, 0.2) is 0 Å².